The molecule has 0 spiro atoms. The highest BCUT2D eigenvalue weighted by atomic mass is 32.1. The lowest BCUT2D eigenvalue weighted by molar-refractivity contribution is -0.143. The average molecular weight is 303 g/mol. The monoisotopic (exact) mass is 303 g/mol. The molecule has 0 aliphatic rings. The minimum absolute atomic E-state index is 0.0826. The van der Waals surface area contributed by atoms with Crippen molar-refractivity contribution in [3.05, 3.63) is 57.3 Å². The predicted molar refractivity (Wildman–Crippen MR) is 86.5 cm³/mol. The summed E-state index contributed by atoms with van der Waals surface area (Å²) in [6, 6.07) is 11.5. The molecule has 4 heteroatoms. The molecule has 0 amide bonds. The SMILES string of the molecule is COC(=O)C(NC(C)c1cc(C)sc1C)c1ccccc1. The summed E-state index contributed by atoms with van der Waals surface area (Å²) in [6.07, 6.45) is 0. The Morgan fingerprint density at radius 1 is 1.24 bits per heavy atom. The Labute approximate surface area is 130 Å². The van der Waals surface area contributed by atoms with Crippen molar-refractivity contribution < 1.29 is 9.53 Å². The molecule has 3 nitrogen and oxygen atoms in total. The molecule has 1 heterocycles. The van der Waals surface area contributed by atoms with Gasteiger partial charge in [-0.15, -0.1) is 11.3 Å². The van der Waals surface area contributed by atoms with Crippen molar-refractivity contribution in [1.82, 2.24) is 5.32 Å². The van der Waals surface area contributed by atoms with Crippen LogP contribution in [0.15, 0.2) is 36.4 Å². The molecule has 0 bridgehead atoms. The maximum absolute atomic E-state index is 12.1. The summed E-state index contributed by atoms with van der Waals surface area (Å²) in [5.41, 5.74) is 2.16. The van der Waals surface area contributed by atoms with Crippen molar-refractivity contribution in [3.63, 3.8) is 0 Å². The standard InChI is InChI=1S/C17H21NO2S/c1-11-10-15(13(3)21-11)12(2)18-16(17(19)20-4)14-8-6-5-7-9-14/h5-10,12,16,18H,1-4H3. The molecule has 0 saturated heterocycles. The summed E-state index contributed by atoms with van der Waals surface area (Å²) < 4.78 is 4.94. The molecule has 0 fully saturated rings. The summed E-state index contributed by atoms with van der Waals surface area (Å²) in [4.78, 5) is 14.7. The van der Waals surface area contributed by atoms with Crippen molar-refractivity contribution in [3.8, 4) is 0 Å². The summed E-state index contributed by atoms with van der Waals surface area (Å²) in [6.45, 7) is 6.29. The van der Waals surface area contributed by atoms with Crippen LogP contribution in [0.5, 0.6) is 0 Å². The number of aryl methyl sites for hydroxylation is 2. The van der Waals surface area contributed by atoms with Crippen LogP contribution in [0.2, 0.25) is 0 Å². The van der Waals surface area contributed by atoms with Gasteiger partial charge in [0, 0.05) is 15.8 Å². The number of carbonyl (C=O) groups is 1. The fourth-order valence-electron chi connectivity index (χ4n) is 2.48. The van der Waals surface area contributed by atoms with Gasteiger partial charge < -0.3 is 4.74 Å². The molecule has 0 radical (unpaired) electrons. The smallest absolute Gasteiger partial charge is 0.327 e. The van der Waals surface area contributed by atoms with Gasteiger partial charge in [0.2, 0.25) is 0 Å². The number of nitrogens with one attached hydrogen (secondary N) is 1. The Balaban J connectivity index is 2.23. The lowest BCUT2D eigenvalue weighted by Gasteiger charge is -2.22. The molecule has 0 saturated carbocycles. The van der Waals surface area contributed by atoms with Gasteiger partial charge >= 0.3 is 5.97 Å². The topological polar surface area (TPSA) is 38.3 Å². The van der Waals surface area contributed by atoms with Crippen molar-refractivity contribution >= 4 is 17.3 Å². The molecule has 1 N–H and O–H groups in total. The second-order valence-electron chi connectivity index (χ2n) is 5.12. The molecular formula is C17H21NO2S. The highest BCUT2D eigenvalue weighted by Crippen LogP contribution is 2.28. The highest BCUT2D eigenvalue weighted by molar-refractivity contribution is 7.12. The first-order valence-corrected chi connectivity index (χ1v) is 7.80. The van der Waals surface area contributed by atoms with Gasteiger partial charge in [0.25, 0.3) is 0 Å². The number of ether oxygens (including phenoxy) is 1. The van der Waals surface area contributed by atoms with Crippen LogP contribution in [-0.4, -0.2) is 13.1 Å². The van der Waals surface area contributed by atoms with Gasteiger partial charge in [0.1, 0.15) is 6.04 Å². The van der Waals surface area contributed by atoms with Gasteiger partial charge in [-0.3, -0.25) is 5.32 Å². The van der Waals surface area contributed by atoms with E-state index in [-0.39, 0.29) is 12.0 Å². The first-order chi connectivity index (χ1) is 10.0. The lowest BCUT2D eigenvalue weighted by Crippen LogP contribution is -2.31. The van der Waals surface area contributed by atoms with Gasteiger partial charge in [-0.05, 0) is 38.0 Å². The van der Waals surface area contributed by atoms with Crippen LogP contribution in [0.3, 0.4) is 0 Å². The van der Waals surface area contributed by atoms with Gasteiger partial charge in [-0.2, -0.15) is 0 Å². The molecule has 2 aromatic rings. The highest BCUT2D eigenvalue weighted by Gasteiger charge is 2.24. The van der Waals surface area contributed by atoms with E-state index in [9.17, 15) is 4.79 Å². The van der Waals surface area contributed by atoms with E-state index in [2.05, 4.69) is 32.2 Å². The molecule has 2 atom stereocenters. The zero-order chi connectivity index (χ0) is 15.4. The Bertz CT molecular complexity index is 607. The molecule has 2 rings (SSSR count). The van der Waals surface area contributed by atoms with E-state index in [1.807, 2.05) is 30.3 Å². The van der Waals surface area contributed by atoms with E-state index in [4.69, 9.17) is 4.74 Å². The van der Waals surface area contributed by atoms with Crippen LogP contribution in [0.25, 0.3) is 0 Å². The number of thiophene rings is 1. The minimum atomic E-state index is -0.453. The molecule has 112 valence electrons. The van der Waals surface area contributed by atoms with Crippen molar-refractivity contribution in [2.75, 3.05) is 7.11 Å². The maximum Gasteiger partial charge on any atom is 0.327 e. The minimum Gasteiger partial charge on any atom is -0.468 e. The molecule has 1 aromatic carbocycles. The predicted octanol–water partition coefficient (Wildman–Crippen LogP) is 3.93. The second kappa shape index (κ2) is 6.87. The van der Waals surface area contributed by atoms with Crippen LogP contribution < -0.4 is 5.32 Å². The largest absolute Gasteiger partial charge is 0.468 e. The third-order valence-electron chi connectivity index (χ3n) is 3.53. The van der Waals surface area contributed by atoms with Crippen LogP contribution in [-0.2, 0) is 9.53 Å². The molecule has 1 aromatic heterocycles. The number of esters is 1. The summed E-state index contributed by atoms with van der Waals surface area (Å²) in [7, 11) is 1.42. The van der Waals surface area contributed by atoms with E-state index in [0.29, 0.717) is 0 Å². The van der Waals surface area contributed by atoms with Gasteiger partial charge in [0.05, 0.1) is 7.11 Å². The van der Waals surface area contributed by atoms with E-state index in [1.54, 1.807) is 11.3 Å². The van der Waals surface area contributed by atoms with Crippen LogP contribution in [0, 0.1) is 13.8 Å². The fraction of sp³-hybridized carbons (Fsp3) is 0.353. The van der Waals surface area contributed by atoms with E-state index in [0.717, 1.165) is 5.56 Å². The van der Waals surface area contributed by atoms with E-state index >= 15 is 0 Å². The molecular weight excluding hydrogens is 282 g/mol. The zero-order valence-corrected chi connectivity index (χ0v) is 13.7. The van der Waals surface area contributed by atoms with Crippen LogP contribution >= 0.6 is 11.3 Å². The van der Waals surface area contributed by atoms with Gasteiger partial charge in [0.15, 0.2) is 0 Å². The molecule has 2 unspecified atom stereocenters. The first-order valence-electron chi connectivity index (χ1n) is 6.98. The first kappa shape index (κ1) is 15.7. The van der Waals surface area contributed by atoms with Crippen molar-refractivity contribution in [2.24, 2.45) is 0 Å². The fourth-order valence-corrected chi connectivity index (χ4v) is 3.51. The molecule has 21 heavy (non-hydrogen) atoms. The van der Waals surface area contributed by atoms with E-state index < -0.39 is 6.04 Å². The third kappa shape index (κ3) is 3.71. The number of hydrogen-bond acceptors (Lipinski definition) is 4. The van der Waals surface area contributed by atoms with Gasteiger partial charge in [-0.25, -0.2) is 4.79 Å². The van der Waals surface area contributed by atoms with Crippen molar-refractivity contribution in [1.29, 1.82) is 0 Å². The number of hydrogen-bond donors (Lipinski definition) is 1. The average Bonchev–Trinajstić information content (AvgIpc) is 2.83. The Morgan fingerprint density at radius 2 is 1.90 bits per heavy atom. The number of methoxy groups -OCH3 is 1. The lowest BCUT2D eigenvalue weighted by atomic mass is 10.0. The Hall–Kier alpha value is -1.65. The zero-order valence-electron chi connectivity index (χ0n) is 12.8. The number of carbonyl (C=O) groups excluding carboxylic acids is 1. The van der Waals surface area contributed by atoms with E-state index in [1.165, 1.54) is 22.4 Å². The van der Waals surface area contributed by atoms with Crippen molar-refractivity contribution in [2.45, 2.75) is 32.9 Å². The second-order valence-corrected chi connectivity index (χ2v) is 6.58. The summed E-state index contributed by atoms with van der Waals surface area (Å²) >= 11 is 1.78. The Morgan fingerprint density at radius 3 is 2.43 bits per heavy atom. The number of rotatable bonds is 5. The summed E-state index contributed by atoms with van der Waals surface area (Å²) in [5.74, 6) is -0.266. The quantitative estimate of drug-likeness (QED) is 0.851. The Kier molecular flexibility index (Phi) is 5.15. The van der Waals surface area contributed by atoms with Crippen LogP contribution in [0.1, 0.15) is 39.9 Å². The van der Waals surface area contributed by atoms with Crippen LogP contribution in [0.4, 0.5) is 0 Å². The normalized spacial score (nSPS) is 13.7. The maximum atomic E-state index is 12.1. The summed E-state index contributed by atoms with van der Waals surface area (Å²) in [5, 5.41) is 3.39. The third-order valence-corrected chi connectivity index (χ3v) is 4.51. The van der Waals surface area contributed by atoms with Gasteiger partial charge in [-0.1, -0.05) is 30.3 Å². The molecule has 0 aliphatic carbocycles. The molecule has 0 aliphatic heterocycles. The number of benzene rings is 1.